The normalized spacial score (nSPS) is 10.3. The van der Waals surface area contributed by atoms with E-state index < -0.39 is 0 Å². The molecule has 0 aliphatic carbocycles. The molecule has 17 heavy (non-hydrogen) atoms. The second-order valence-electron chi connectivity index (χ2n) is 4.05. The molecule has 0 fully saturated rings. The number of benzene rings is 1. The monoisotopic (exact) mass is 231 g/mol. The van der Waals surface area contributed by atoms with Gasteiger partial charge in [-0.2, -0.15) is 0 Å². The Hall–Kier alpha value is -1.90. The van der Waals surface area contributed by atoms with Gasteiger partial charge in [0.15, 0.2) is 11.6 Å². The predicted molar refractivity (Wildman–Crippen MR) is 64.4 cm³/mol. The van der Waals surface area contributed by atoms with Gasteiger partial charge in [-0.15, -0.1) is 0 Å². The Kier molecular flexibility index (Phi) is 3.38. The molecule has 2 rings (SSSR count). The van der Waals surface area contributed by atoms with Crippen LogP contribution in [0, 0.1) is 19.7 Å². The number of nitrogens with zero attached hydrogens (tertiary/aromatic N) is 1. The van der Waals surface area contributed by atoms with E-state index in [-0.39, 0.29) is 11.6 Å². The fourth-order valence-electron chi connectivity index (χ4n) is 1.59. The molecule has 0 amide bonds. The topological polar surface area (TPSA) is 22.1 Å². The summed E-state index contributed by atoms with van der Waals surface area (Å²) in [6.45, 7) is 4.01. The van der Waals surface area contributed by atoms with Gasteiger partial charge < -0.3 is 4.74 Å². The van der Waals surface area contributed by atoms with Crippen molar-refractivity contribution in [3.05, 3.63) is 59.2 Å². The van der Waals surface area contributed by atoms with Crippen molar-refractivity contribution in [1.29, 1.82) is 0 Å². The van der Waals surface area contributed by atoms with Gasteiger partial charge in [0, 0.05) is 18.0 Å². The summed E-state index contributed by atoms with van der Waals surface area (Å²) in [5, 5.41) is 0. The van der Waals surface area contributed by atoms with Gasteiger partial charge in [-0.05, 0) is 37.1 Å². The molecule has 0 unspecified atom stereocenters. The zero-order valence-corrected chi connectivity index (χ0v) is 9.90. The van der Waals surface area contributed by atoms with E-state index in [1.165, 1.54) is 0 Å². The number of hydrogen-bond acceptors (Lipinski definition) is 2. The molecule has 0 N–H and O–H groups in total. The van der Waals surface area contributed by atoms with Gasteiger partial charge in [-0.25, -0.2) is 4.39 Å². The molecule has 1 aromatic carbocycles. The van der Waals surface area contributed by atoms with E-state index >= 15 is 0 Å². The third-order valence-corrected chi connectivity index (χ3v) is 2.48. The van der Waals surface area contributed by atoms with Gasteiger partial charge in [-0.3, -0.25) is 4.98 Å². The van der Waals surface area contributed by atoms with Crippen LogP contribution in [0.2, 0.25) is 0 Å². The molecule has 0 aliphatic heterocycles. The highest BCUT2D eigenvalue weighted by molar-refractivity contribution is 5.30. The number of halogens is 1. The van der Waals surface area contributed by atoms with Crippen LogP contribution in [0.25, 0.3) is 0 Å². The van der Waals surface area contributed by atoms with Gasteiger partial charge in [0.1, 0.15) is 6.61 Å². The summed E-state index contributed by atoms with van der Waals surface area (Å²) in [7, 11) is 0. The quantitative estimate of drug-likeness (QED) is 0.807. The summed E-state index contributed by atoms with van der Waals surface area (Å²) >= 11 is 0. The molecule has 0 atom stereocenters. The van der Waals surface area contributed by atoms with Crippen molar-refractivity contribution >= 4 is 0 Å². The van der Waals surface area contributed by atoms with Gasteiger partial charge >= 0.3 is 0 Å². The first-order valence-corrected chi connectivity index (χ1v) is 5.45. The summed E-state index contributed by atoms with van der Waals surface area (Å²) < 4.78 is 19.1. The van der Waals surface area contributed by atoms with Crippen LogP contribution >= 0.6 is 0 Å². The van der Waals surface area contributed by atoms with Crippen LogP contribution in [-0.4, -0.2) is 4.98 Å². The summed E-state index contributed by atoms with van der Waals surface area (Å²) in [5.74, 6) is -0.0142. The number of aromatic nitrogens is 1. The van der Waals surface area contributed by atoms with Crippen LogP contribution in [-0.2, 0) is 6.61 Å². The maximum absolute atomic E-state index is 13.6. The Morgan fingerprint density at radius 1 is 1.24 bits per heavy atom. The Morgan fingerprint density at radius 3 is 2.82 bits per heavy atom. The maximum Gasteiger partial charge on any atom is 0.167 e. The third kappa shape index (κ3) is 2.81. The maximum atomic E-state index is 13.6. The molecule has 2 aromatic rings. The Balaban J connectivity index is 2.10. The molecule has 88 valence electrons. The minimum Gasteiger partial charge on any atom is -0.486 e. The largest absolute Gasteiger partial charge is 0.486 e. The molecule has 3 heteroatoms. The molecule has 1 heterocycles. The standard InChI is InChI=1S/C14H14FNO/c1-10-6-12(8-16-7-10)9-17-13-5-3-4-11(2)14(13)15/h3-8H,9H2,1-2H3. The van der Waals surface area contributed by atoms with Gasteiger partial charge in [-0.1, -0.05) is 12.1 Å². The van der Waals surface area contributed by atoms with E-state index in [0.29, 0.717) is 12.2 Å². The van der Waals surface area contributed by atoms with Gasteiger partial charge in [0.05, 0.1) is 0 Å². The minimum atomic E-state index is -0.298. The van der Waals surface area contributed by atoms with Crippen LogP contribution in [0.1, 0.15) is 16.7 Å². The molecule has 1 aromatic heterocycles. The molecule has 0 saturated heterocycles. The van der Waals surface area contributed by atoms with Crippen LogP contribution in [0.15, 0.2) is 36.7 Å². The number of rotatable bonds is 3. The van der Waals surface area contributed by atoms with E-state index in [9.17, 15) is 4.39 Å². The van der Waals surface area contributed by atoms with E-state index in [4.69, 9.17) is 4.74 Å². The fourth-order valence-corrected chi connectivity index (χ4v) is 1.59. The summed E-state index contributed by atoms with van der Waals surface area (Å²) in [6.07, 6.45) is 3.50. The van der Waals surface area contributed by atoms with E-state index in [0.717, 1.165) is 11.1 Å². The predicted octanol–water partition coefficient (Wildman–Crippen LogP) is 3.42. The average molecular weight is 231 g/mol. The van der Waals surface area contributed by atoms with E-state index in [2.05, 4.69) is 4.98 Å². The van der Waals surface area contributed by atoms with Crippen molar-refractivity contribution in [2.75, 3.05) is 0 Å². The lowest BCUT2D eigenvalue weighted by molar-refractivity contribution is 0.289. The van der Waals surface area contributed by atoms with E-state index in [1.54, 1.807) is 37.5 Å². The number of aryl methyl sites for hydroxylation is 2. The highest BCUT2D eigenvalue weighted by atomic mass is 19.1. The molecule has 0 bridgehead atoms. The van der Waals surface area contributed by atoms with Crippen LogP contribution < -0.4 is 4.74 Å². The van der Waals surface area contributed by atoms with Crippen molar-refractivity contribution < 1.29 is 9.13 Å². The first-order chi connectivity index (χ1) is 8.16. The molecule has 0 aliphatic rings. The minimum absolute atomic E-state index is 0.284. The number of ether oxygens (including phenoxy) is 1. The smallest absolute Gasteiger partial charge is 0.167 e. The third-order valence-electron chi connectivity index (χ3n) is 2.48. The molecular weight excluding hydrogens is 217 g/mol. The van der Waals surface area contributed by atoms with Crippen molar-refractivity contribution in [2.45, 2.75) is 20.5 Å². The molecular formula is C14H14FNO. The zero-order valence-electron chi connectivity index (χ0n) is 9.90. The van der Waals surface area contributed by atoms with Gasteiger partial charge in [0.25, 0.3) is 0 Å². The van der Waals surface area contributed by atoms with Crippen molar-refractivity contribution in [1.82, 2.24) is 4.98 Å². The summed E-state index contributed by atoms with van der Waals surface area (Å²) in [4.78, 5) is 4.06. The second-order valence-corrected chi connectivity index (χ2v) is 4.05. The van der Waals surface area contributed by atoms with Crippen LogP contribution in [0.4, 0.5) is 4.39 Å². The van der Waals surface area contributed by atoms with Crippen molar-refractivity contribution in [3.8, 4) is 5.75 Å². The first-order valence-electron chi connectivity index (χ1n) is 5.45. The lowest BCUT2D eigenvalue weighted by Gasteiger charge is -2.08. The molecule has 0 spiro atoms. The lowest BCUT2D eigenvalue weighted by Crippen LogP contribution is -1.99. The van der Waals surface area contributed by atoms with Crippen molar-refractivity contribution in [3.63, 3.8) is 0 Å². The Labute approximate surface area is 100 Å². The van der Waals surface area contributed by atoms with Crippen LogP contribution in [0.3, 0.4) is 0 Å². The second kappa shape index (κ2) is 4.95. The Morgan fingerprint density at radius 2 is 2.06 bits per heavy atom. The summed E-state index contributed by atoms with van der Waals surface area (Å²) in [6, 6.07) is 7.10. The molecule has 0 saturated carbocycles. The Bertz CT molecular complexity index is 525. The summed E-state index contributed by atoms with van der Waals surface area (Å²) in [5.41, 5.74) is 2.59. The number of hydrogen-bond donors (Lipinski definition) is 0. The zero-order chi connectivity index (χ0) is 12.3. The first kappa shape index (κ1) is 11.6. The highest BCUT2D eigenvalue weighted by Crippen LogP contribution is 2.20. The average Bonchev–Trinajstić information content (AvgIpc) is 2.31. The molecule has 2 nitrogen and oxygen atoms in total. The number of pyridine rings is 1. The lowest BCUT2D eigenvalue weighted by atomic mass is 10.2. The highest BCUT2D eigenvalue weighted by Gasteiger charge is 2.05. The van der Waals surface area contributed by atoms with Gasteiger partial charge in [0.2, 0.25) is 0 Å². The SMILES string of the molecule is Cc1cncc(COc2cccc(C)c2F)c1. The molecule has 0 radical (unpaired) electrons. The van der Waals surface area contributed by atoms with E-state index in [1.807, 2.05) is 13.0 Å². The van der Waals surface area contributed by atoms with Crippen molar-refractivity contribution in [2.24, 2.45) is 0 Å². The fraction of sp³-hybridized carbons (Fsp3) is 0.214. The van der Waals surface area contributed by atoms with Crippen LogP contribution in [0.5, 0.6) is 5.75 Å².